The van der Waals surface area contributed by atoms with Crippen LogP contribution < -0.4 is 0 Å². The van der Waals surface area contributed by atoms with Crippen molar-refractivity contribution in [3.63, 3.8) is 0 Å². The number of fused-ring (bicyclic) bond motifs is 2. The highest BCUT2D eigenvalue weighted by Crippen LogP contribution is 2.28. The molecule has 0 radical (unpaired) electrons. The summed E-state index contributed by atoms with van der Waals surface area (Å²) in [4.78, 5) is 9.01. The fraction of sp³-hybridized carbons (Fsp3) is 0.350. The van der Waals surface area contributed by atoms with Crippen molar-refractivity contribution < 1.29 is 9.13 Å². The highest BCUT2D eigenvalue weighted by molar-refractivity contribution is 5.64. The molecular weight excluding hydrogens is 345 g/mol. The third-order valence-electron chi connectivity index (χ3n) is 5.19. The fourth-order valence-corrected chi connectivity index (χ4v) is 3.79. The van der Waals surface area contributed by atoms with Gasteiger partial charge in [0, 0.05) is 37.1 Å². The molecule has 0 amide bonds. The van der Waals surface area contributed by atoms with Crippen molar-refractivity contribution in [1.29, 1.82) is 0 Å². The number of halogens is 1. The highest BCUT2D eigenvalue weighted by atomic mass is 19.1. The maximum Gasteiger partial charge on any atom is 0.173 e. The van der Waals surface area contributed by atoms with Crippen molar-refractivity contribution >= 4 is 11.3 Å². The number of rotatable bonds is 2. The summed E-state index contributed by atoms with van der Waals surface area (Å²) in [6.07, 6.45) is 7.56. The molecule has 4 aromatic rings. The quantitative estimate of drug-likeness (QED) is 0.544. The minimum absolute atomic E-state index is 0.326. The maximum absolute atomic E-state index is 14.8. The average Bonchev–Trinajstić information content (AvgIpc) is 3.26. The SMILES string of the molecule is Cc1cn2nc(-c3cc(F)c4nc(C5CCOCC5)cn4c3)cc(C)c2n1. The first kappa shape index (κ1) is 16.4. The van der Waals surface area contributed by atoms with Crippen LogP contribution in [-0.2, 0) is 4.74 Å². The Morgan fingerprint density at radius 3 is 2.67 bits per heavy atom. The van der Waals surface area contributed by atoms with Crippen LogP contribution in [0.4, 0.5) is 4.39 Å². The van der Waals surface area contributed by atoms with Crippen LogP contribution in [0.1, 0.15) is 35.7 Å². The number of hydrogen-bond acceptors (Lipinski definition) is 4. The second kappa shape index (κ2) is 6.13. The Morgan fingerprint density at radius 2 is 1.85 bits per heavy atom. The molecule has 0 spiro atoms. The van der Waals surface area contributed by atoms with Crippen LogP contribution in [-0.4, -0.2) is 37.2 Å². The van der Waals surface area contributed by atoms with Gasteiger partial charge in [0.2, 0.25) is 0 Å². The number of pyridine rings is 1. The van der Waals surface area contributed by atoms with Crippen LogP contribution >= 0.6 is 0 Å². The van der Waals surface area contributed by atoms with Gasteiger partial charge in [-0.05, 0) is 44.4 Å². The summed E-state index contributed by atoms with van der Waals surface area (Å²) < 4.78 is 23.7. The van der Waals surface area contributed by atoms with Crippen LogP contribution in [0.3, 0.4) is 0 Å². The van der Waals surface area contributed by atoms with Crippen LogP contribution in [0.2, 0.25) is 0 Å². The summed E-state index contributed by atoms with van der Waals surface area (Å²) in [6, 6.07) is 3.45. The molecule has 0 atom stereocenters. The van der Waals surface area contributed by atoms with E-state index in [-0.39, 0.29) is 5.82 Å². The molecule has 6 nitrogen and oxygen atoms in total. The van der Waals surface area contributed by atoms with Gasteiger partial charge in [-0.1, -0.05) is 0 Å². The molecule has 1 aliphatic heterocycles. The van der Waals surface area contributed by atoms with Crippen LogP contribution in [0.5, 0.6) is 0 Å². The lowest BCUT2D eigenvalue weighted by molar-refractivity contribution is 0.0846. The Balaban J connectivity index is 1.61. The van der Waals surface area contributed by atoms with Gasteiger partial charge in [0.25, 0.3) is 0 Å². The number of aryl methyl sites for hydroxylation is 2. The second-order valence-corrected chi connectivity index (χ2v) is 7.22. The zero-order valence-electron chi connectivity index (χ0n) is 15.3. The van der Waals surface area contributed by atoms with Crippen molar-refractivity contribution in [2.45, 2.75) is 32.6 Å². The molecule has 1 fully saturated rings. The summed E-state index contributed by atoms with van der Waals surface area (Å²) in [7, 11) is 0. The summed E-state index contributed by atoms with van der Waals surface area (Å²) in [6.45, 7) is 5.39. The third-order valence-corrected chi connectivity index (χ3v) is 5.19. The normalized spacial score (nSPS) is 15.8. The molecule has 0 saturated carbocycles. The number of imidazole rings is 2. The minimum Gasteiger partial charge on any atom is -0.381 e. The first-order valence-corrected chi connectivity index (χ1v) is 9.18. The summed E-state index contributed by atoms with van der Waals surface area (Å²) in [5, 5.41) is 4.61. The van der Waals surface area contributed by atoms with Crippen LogP contribution in [0.15, 0.2) is 30.7 Å². The predicted molar refractivity (Wildman–Crippen MR) is 99.4 cm³/mol. The molecule has 1 aliphatic rings. The standard InChI is InChI=1S/C20H20FN5O/c1-12-7-17(24-26-9-13(2)22-19(12)26)15-8-16(21)20-23-18(11-25(20)10-15)14-3-5-27-6-4-14/h7-11,14H,3-6H2,1-2H3. The van der Waals surface area contributed by atoms with E-state index in [4.69, 9.17) is 4.74 Å². The van der Waals surface area contributed by atoms with Crippen molar-refractivity contribution in [2.24, 2.45) is 0 Å². The predicted octanol–water partition coefficient (Wildman–Crippen LogP) is 3.69. The maximum atomic E-state index is 14.8. The van der Waals surface area contributed by atoms with Gasteiger partial charge >= 0.3 is 0 Å². The number of hydrogen-bond donors (Lipinski definition) is 0. The van der Waals surface area contributed by atoms with Gasteiger partial charge in [0.05, 0.1) is 23.3 Å². The molecule has 0 aliphatic carbocycles. The van der Waals surface area contributed by atoms with E-state index in [9.17, 15) is 4.39 Å². The van der Waals surface area contributed by atoms with Gasteiger partial charge in [-0.3, -0.25) is 0 Å². The minimum atomic E-state index is -0.341. The molecule has 4 aromatic heterocycles. The third kappa shape index (κ3) is 2.78. The molecule has 27 heavy (non-hydrogen) atoms. The molecule has 0 unspecified atom stereocenters. The Hall–Kier alpha value is -2.80. The number of ether oxygens (including phenoxy) is 1. The van der Waals surface area contributed by atoms with Gasteiger partial charge in [0.1, 0.15) is 0 Å². The molecule has 1 saturated heterocycles. The summed E-state index contributed by atoms with van der Waals surface area (Å²) in [5.74, 6) is -0.0145. The fourth-order valence-electron chi connectivity index (χ4n) is 3.79. The van der Waals surface area contributed by atoms with Gasteiger partial charge in [-0.2, -0.15) is 5.10 Å². The lowest BCUT2D eigenvalue weighted by Crippen LogP contribution is -2.14. The van der Waals surface area contributed by atoms with Crippen molar-refractivity contribution in [3.8, 4) is 11.3 Å². The van der Waals surface area contributed by atoms with E-state index in [1.165, 1.54) is 6.07 Å². The molecular formula is C20H20FN5O. The molecule has 5 heterocycles. The van der Waals surface area contributed by atoms with Gasteiger partial charge in [-0.15, -0.1) is 0 Å². The molecule has 0 aromatic carbocycles. The Morgan fingerprint density at radius 1 is 1.04 bits per heavy atom. The van der Waals surface area contributed by atoms with E-state index in [1.807, 2.05) is 38.5 Å². The van der Waals surface area contributed by atoms with Crippen LogP contribution in [0, 0.1) is 19.7 Å². The van der Waals surface area contributed by atoms with E-state index in [2.05, 4.69) is 15.1 Å². The zero-order valence-corrected chi connectivity index (χ0v) is 15.3. The molecule has 5 rings (SSSR count). The number of nitrogens with zero attached hydrogens (tertiary/aromatic N) is 5. The lowest BCUT2D eigenvalue weighted by Gasteiger charge is -2.19. The van der Waals surface area contributed by atoms with E-state index in [0.717, 1.165) is 48.7 Å². The topological polar surface area (TPSA) is 56.7 Å². The summed E-state index contributed by atoms with van der Waals surface area (Å²) in [5.41, 5.74) is 5.44. The van der Waals surface area contributed by atoms with Gasteiger partial charge in [0.15, 0.2) is 17.1 Å². The highest BCUT2D eigenvalue weighted by Gasteiger charge is 2.20. The smallest absolute Gasteiger partial charge is 0.173 e. The monoisotopic (exact) mass is 365 g/mol. The Labute approximate surface area is 155 Å². The van der Waals surface area contributed by atoms with E-state index < -0.39 is 0 Å². The summed E-state index contributed by atoms with van der Waals surface area (Å²) >= 11 is 0. The Kier molecular flexibility index (Phi) is 3.72. The van der Waals surface area contributed by atoms with Crippen molar-refractivity contribution in [1.82, 2.24) is 24.0 Å². The van der Waals surface area contributed by atoms with Gasteiger partial charge < -0.3 is 9.14 Å². The number of aromatic nitrogens is 5. The molecule has 7 heteroatoms. The molecule has 138 valence electrons. The zero-order chi connectivity index (χ0) is 18.5. The average molecular weight is 365 g/mol. The van der Waals surface area contributed by atoms with Gasteiger partial charge in [-0.25, -0.2) is 18.9 Å². The van der Waals surface area contributed by atoms with E-state index in [0.29, 0.717) is 22.8 Å². The van der Waals surface area contributed by atoms with Crippen molar-refractivity contribution in [2.75, 3.05) is 13.2 Å². The van der Waals surface area contributed by atoms with Crippen molar-refractivity contribution in [3.05, 3.63) is 53.5 Å². The first-order valence-electron chi connectivity index (χ1n) is 9.18. The van der Waals surface area contributed by atoms with Crippen LogP contribution in [0.25, 0.3) is 22.6 Å². The molecule has 0 bridgehead atoms. The first-order chi connectivity index (χ1) is 13.1. The Bertz CT molecular complexity index is 1160. The molecule has 0 N–H and O–H groups in total. The van der Waals surface area contributed by atoms with E-state index in [1.54, 1.807) is 8.92 Å². The van der Waals surface area contributed by atoms with E-state index >= 15 is 0 Å². The largest absolute Gasteiger partial charge is 0.381 e. The second-order valence-electron chi connectivity index (χ2n) is 7.22. The lowest BCUT2D eigenvalue weighted by atomic mass is 9.97.